The summed E-state index contributed by atoms with van der Waals surface area (Å²) in [5.41, 5.74) is 1.73. The van der Waals surface area contributed by atoms with Crippen LogP contribution in [-0.4, -0.2) is 66.0 Å². The van der Waals surface area contributed by atoms with Crippen LogP contribution in [0.2, 0.25) is 0 Å². The van der Waals surface area contributed by atoms with Crippen LogP contribution >= 0.6 is 15.9 Å². The number of Topliss-reactive ketones (excluding diaryl/α,β-unsaturated/α-hetero) is 1. The Morgan fingerprint density at radius 1 is 1.14 bits per heavy atom. The maximum atomic E-state index is 15.2. The van der Waals surface area contributed by atoms with Gasteiger partial charge in [0.1, 0.15) is 41.2 Å². The fourth-order valence-electron chi connectivity index (χ4n) is 6.16. The predicted octanol–water partition coefficient (Wildman–Crippen LogP) is 5.47. The lowest BCUT2D eigenvalue weighted by atomic mass is 9.98. The number of likely N-dealkylation sites (tertiary alicyclic amines) is 1. The normalized spacial score (nSPS) is 21.3. The van der Waals surface area contributed by atoms with E-state index in [0.717, 1.165) is 12.0 Å². The molecule has 1 aliphatic heterocycles. The number of aryl methyl sites for hydroxylation is 2. The molecule has 13 heteroatoms. The number of fused-ring (bicyclic) bond motifs is 2. The molecule has 10 nitrogen and oxygen atoms in total. The van der Waals surface area contributed by atoms with Crippen molar-refractivity contribution >= 4 is 50.2 Å². The van der Waals surface area contributed by atoms with E-state index in [4.69, 9.17) is 0 Å². The molecule has 228 valence electrons. The first kappa shape index (κ1) is 29.9. The van der Waals surface area contributed by atoms with Crippen molar-refractivity contribution < 1.29 is 23.2 Å². The second-order valence-corrected chi connectivity index (χ2v) is 12.7. The van der Waals surface area contributed by atoms with Crippen LogP contribution < -0.4 is 5.32 Å². The molecular formula is C31H30BrF2N7O3. The minimum Gasteiger partial charge on any atom is -0.325 e. The van der Waals surface area contributed by atoms with Crippen molar-refractivity contribution in [2.24, 2.45) is 5.41 Å². The Hall–Kier alpha value is -4.13. The summed E-state index contributed by atoms with van der Waals surface area (Å²) in [6.45, 7) is 5.24. The largest absolute Gasteiger partial charge is 0.325 e. The Bertz CT molecular complexity index is 1830. The van der Waals surface area contributed by atoms with Crippen LogP contribution in [0.15, 0.2) is 41.3 Å². The van der Waals surface area contributed by atoms with Gasteiger partial charge in [-0.2, -0.15) is 5.10 Å². The maximum absolute atomic E-state index is 15.2. The molecule has 4 atom stereocenters. The van der Waals surface area contributed by atoms with Crippen LogP contribution in [-0.2, 0) is 16.1 Å². The average Bonchev–Trinajstić information content (AvgIpc) is 3.35. The number of pyridine rings is 1. The number of rotatable bonds is 8. The van der Waals surface area contributed by atoms with E-state index in [2.05, 4.69) is 41.3 Å². The highest BCUT2D eigenvalue weighted by Crippen LogP contribution is 2.59. The lowest BCUT2D eigenvalue weighted by Crippen LogP contribution is -2.47. The highest BCUT2D eigenvalue weighted by atomic mass is 79.9. The minimum absolute atomic E-state index is 0.0261. The second kappa shape index (κ2) is 11.1. The van der Waals surface area contributed by atoms with Crippen LogP contribution in [0, 0.1) is 19.3 Å². The minimum atomic E-state index is -2.04. The fraction of sp³-hybridized carbons (Fsp3) is 0.387. The molecule has 2 aliphatic rings. The summed E-state index contributed by atoms with van der Waals surface area (Å²) in [4.78, 5) is 54.5. The predicted molar refractivity (Wildman–Crippen MR) is 162 cm³/mol. The van der Waals surface area contributed by atoms with Crippen LogP contribution in [0.1, 0.15) is 60.3 Å². The molecule has 1 saturated heterocycles. The third kappa shape index (κ3) is 5.27. The van der Waals surface area contributed by atoms with Gasteiger partial charge in [-0.15, -0.1) is 0 Å². The summed E-state index contributed by atoms with van der Waals surface area (Å²) >= 11 is 3.32. The molecule has 0 radical (unpaired) electrons. The lowest BCUT2D eigenvalue weighted by molar-refractivity contribution is -0.138. The van der Waals surface area contributed by atoms with Crippen LogP contribution in [0.5, 0.6) is 0 Å². The molecule has 2 amide bonds. The van der Waals surface area contributed by atoms with E-state index in [1.165, 1.54) is 17.7 Å². The third-order valence-corrected chi connectivity index (χ3v) is 9.05. The molecule has 1 N–H and O–H groups in total. The number of halogens is 3. The van der Waals surface area contributed by atoms with E-state index in [0.29, 0.717) is 33.8 Å². The van der Waals surface area contributed by atoms with Crippen molar-refractivity contribution in [3.8, 4) is 11.1 Å². The van der Waals surface area contributed by atoms with Gasteiger partial charge < -0.3 is 10.2 Å². The van der Waals surface area contributed by atoms with Gasteiger partial charge in [0, 0.05) is 41.9 Å². The third-order valence-electron chi connectivity index (χ3n) is 8.61. The zero-order chi connectivity index (χ0) is 31.5. The number of benzene rings is 1. The summed E-state index contributed by atoms with van der Waals surface area (Å²) in [5.74, 6) is -0.229. The first-order chi connectivity index (χ1) is 20.9. The Morgan fingerprint density at radius 3 is 2.55 bits per heavy atom. The Morgan fingerprint density at radius 2 is 1.86 bits per heavy atom. The van der Waals surface area contributed by atoms with Crippen molar-refractivity contribution in [1.82, 2.24) is 29.6 Å². The smallest absolute Gasteiger partial charge is 0.248 e. The summed E-state index contributed by atoms with van der Waals surface area (Å²) in [6, 6.07) is 5.82. The van der Waals surface area contributed by atoms with Gasteiger partial charge in [-0.3, -0.25) is 19.1 Å². The van der Waals surface area contributed by atoms with E-state index in [9.17, 15) is 18.8 Å². The lowest BCUT2D eigenvalue weighted by Gasteiger charge is -2.27. The molecule has 4 aromatic rings. The van der Waals surface area contributed by atoms with Gasteiger partial charge in [0.15, 0.2) is 12.0 Å². The number of alkyl halides is 2. The first-order valence-corrected chi connectivity index (χ1v) is 15.0. The highest BCUT2D eigenvalue weighted by molar-refractivity contribution is 9.10. The topological polar surface area (TPSA) is 123 Å². The van der Waals surface area contributed by atoms with E-state index >= 15 is 4.39 Å². The molecule has 44 heavy (non-hydrogen) atoms. The zero-order valence-electron chi connectivity index (χ0n) is 24.6. The maximum Gasteiger partial charge on any atom is 0.248 e. The van der Waals surface area contributed by atoms with Gasteiger partial charge >= 0.3 is 0 Å². The van der Waals surface area contributed by atoms with Gasteiger partial charge in [-0.05, 0) is 77.4 Å². The monoisotopic (exact) mass is 665 g/mol. The molecule has 6 rings (SSSR count). The molecular weight excluding hydrogens is 636 g/mol. The molecule has 1 aromatic carbocycles. The summed E-state index contributed by atoms with van der Waals surface area (Å²) in [7, 11) is 0. The molecule has 1 aliphatic carbocycles. The average molecular weight is 667 g/mol. The van der Waals surface area contributed by atoms with Gasteiger partial charge in [0.05, 0.1) is 5.52 Å². The van der Waals surface area contributed by atoms with Crippen molar-refractivity contribution in [3.05, 3.63) is 63.9 Å². The molecule has 3 aromatic heterocycles. The van der Waals surface area contributed by atoms with E-state index in [1.807, 2.05) is 19.9 Å². The number of ketones is 1. The number of amides is 2. The quantitative estimate of drug-likeness (QED) is 0.196. The molecule has 2 fully saturated rings. The van der Waals surface area contributed by atoms with Crippen molar-refractivity contribution in [2.45, 2.75) is 65.3 Å². The number of hydrogen-bond acceptors (Lipinski definition) is 7. The molecule has 0 spiro atoms. The number of hydrogen-bond donors (Lipinski definition) is 1. The van der Waals surface area contributed by atoms with Crippen molar-refractivity contribution in [1.29, 1.82) is 0 Å². The standard InChI is InChI=1S/C31H30BrF2N7O3/c1-15-5-6-25(32)37-29(15)38-30(44)23-9-31(4)10-24(31)41(23)26(43)14-40-28-20(22(34)11-33)7-18(19-12-35-17(3)36-13-19)8-21(28)27(39-40)16(2)42/h5-8,12-13,22-24H,9-11,14H2,1-4H3,(H,37,38,44)/t22?,23-,24?,31-/m0/s1. The molecule has 4 heterocycles. The van der Waals surface area contributed by atoms with E-state index in [-0.39, 0.29) is 46.1 Å². The van der Waals surface area contributed by atoms with Gasteiger partial charge in [-0.1, -0.05) is 13.0 Å². The number of aromatic nitrogens is 5. The van der Waals surface area contributed by atoms with Gasteiger partial charge in [-0.25, -0.2) is 23.7 Å². The second-order valence-electron chi connectivity index (χ2n) is 11.8. The van der Waals surface area contributed by atoms with Crippen LogP contribution in [0.4, 0.5) is 14.6 Å². The molecule has 1 saturated carbocycles. The van der Waals surface area contributed by atoms with Crippen LogP contribution in [0.25, 0.3) is 22.0 Å². The summed E-state index contributed by atoms with van der Waals surface area (Å²) in [6.07, 6.45) is 2.31. The Balaban J connectivity index is 1.37. The zero-order valence-corrected chi connectivity index (χ0v) is 26.2. The number of piperidine rings is 1. The number of anilines is 1. The number of nitrogens with one attached hydrogen (secondary N) is 1. The Labute approximate surface area is 260 Å². The van der Waals surface area contributed by atoms with Gasteiger partial charge in [0.25, 0.3) is 0 Å². The molecule has 0 bridgehead atoms. The number of nitrogens with zero attached hydrogens (tertiary/aromatic N) is 6. The summed E-state index contributed by atoms with van der Waals surface area (Å²) < 4.78 is 30.9. The highest BCUT2D eigenvalue weighted by Gasteiger charge is 2.64. The van der Waals surface area contributed by atoms with E-state index in [1.54, 1.807) is 36.4 Å². The number of carbonyl (C=O) groups excluding carboxylic acids is 3. The van der Waals surface area contributed by atoms with Crippen molar-refractivity contribution in [2.75, 3.05) is 12.0 Å². The van der Waals surface area contributed by atoms with Crippen LogP contribution in [0.3, 0.4) is 0 Å². The van der Waals surface area contributed by atoms with Gasteiger partial charge in [0.2, 0.25) is 11.8 Å². The van der Waals surface area contributed by atoms with E-state index < -0.39 is 30.6 Å². The fourth-order valence-corrected chi connectivity index (χ4v) is 6.47. The SMILES string of the molecule is CC(=O)c1nn(CC(=O)N2C3C[C@]3(C)C[C@H]2C(=O)Nc2nc(Br)ccc2C)c2c(C(F)CF)cc(-c3cnc(C)nc3)cc12. The molecule has 2 unspecified atom stereocenters. The number of carbonyl (C=O) groups is 3. The summed E-state index contributed by atoms with van der Waals surface area (Å²) in [5, 5.41) is 7.58. The Kier molecular flexibility index (Phi) is 7.55. The first-order valence-electron chi connectivity index (χ1n) is 14.2. The van der Waals surface area contributed by atoms with Crippen molar-refractivity contribution in [3.63, 3.8) is 0 Å².